The summed E-state index contributed by atoms with van der Waals surface area (Å²) in [6.07, 6.45) is 5.87. The highest BCUT2D eigenvalue weighted by Crippen LogP contribution is 2.32. The van der Waals surface area contributed by atoms with Gasteiger partial charge in [-0.25, -0.2) is 0 Å². The standard InChI is InChI=1S/C9H15O/c1-7-4-3-5-8(2)9(7)6-10/h7-9H,3-5H2,1-2H3. The maximum atomic E-state index is 10.5. The zero-order chi connectivity index (χ0) is 7.56. The van der Waals surface area contributed by atoms with Gasteiger partial charge < -0.3 is 0 Å². The molecule has 1 aliphatic carbocycles. The van der Waals surface area contributed by atoms with Gasteiger partial charge in [0.05, 0.1) is 0 Å². The lowest BCUT2D eigenvalue weighted by Crippen LogP contribution is -2.25. The molecule has 0 spiro atoms. The molecule has 57 valence electrons. The quantitative estimate of drug-likeness (QED) is 0.544. The SMILES string of the molecule is CC1CCCC(C)C1[C]=O. The van der Waals surface area contributed by atoms with Gasteiger partial charge in [0.2, 0.25) is 6.29 Å². The van der Waals surface area contributed by atoms with Crippen LogP contribution in [0.2, 0.25) is 0 Å². The summed E-state index contributed by atoms with van der Waals surface area (Å²) in [7, 11) is 0. The highest BCUT2D eigenvalue weighted by Gasteiger charge is 2.27. The van der Waals surface area contributed by atoms with Crippen molar-refractivity contribution in [2.45, 2.75) is 33.1 Å². The van der Waals surface area contributed by atoms with E-state index in [1.165, 1.54) is 19.3 Å². The Labute approximate surface area is 62.8 Å². The average molecular weight is 139 g/mol. The molecule has 0 aromatic heterocycles. The lowest BCUT2D eigenvalue weighted by molar-refractivity contribution is 0.235. The number of carbonyl (C=O) groups excluding carboxylic acids is 1. The molecule has 0 amide bonds. The number of hydrogen-bond acceptors (Lipinski definition) is 1. The highest BCUT2D eigenvalue weighted by molar-refractivity contribution is 5.55. The predicted octanol–water partition coefficient (Wildman–Crippen LogP) is 2.17. The fourth-order valence-electron chi connectivity index (χ4n) is 1.91. The van der Waals surface area contributed by atoms with Gasteiger partial charge in [-0.05, 0) is 24.7 Å². The Morgan fingerprint density at radius 3 is 2.00 bits per heavy atom. The average Bonchev–Trinajstić information content (AvgIpc) is 1.88. The lowest BCUT2D eigenvalue weighted by atomic mass is 9.74. The van der Waals surface area contributed by atoms with Crippen LogP contribution in [-0.4, -0.2) is 6.29 Å². The second kappa shape index (κ2) is 3.18. The number of hydrogen-bond donors (Lipinski definition) is 0. The largest absolute Gasteiger partial charge is 0.291 e. The van der Waals surface area contributed by atoms with Crippen molar-refractivity contribution in [2.24, 2.45) is 17.8 Å². The Kier molecular flexibility index (Phi) is 2.47. The molecule has 1 nitrogen and oxygen atoms in total. The summed E-state index contributed by atoms with van der Waals surface area (Å²) in [6.45, 7) is 4.32. The monoisotopic (exact) mass is 139 g/mol. The normalized spacial score (nSPS) is 41.2. The van der Waals surface area contributed by atoms with Gasteiger partial charge >= 0.3 is 0 Å². The smallest absolute Gasteiger partial charge is 0.202 e. The van der Waals surface area contributed by atoms with Crippen molar-refractivity contribution >= 4 is 6.29 Å². The van der Waals surface area contributed by atoms with E-state index >= 15 is 0 Å². The van der Waals surface area contributed by atoms with E-state index in [2.05, 4.69) is 20.1 Å². The van der Waals surface area contributed by atoms with Crippen LogP contribution in [0.4, 0.5) is 0 Å². The Balaban J connectivity index is 2.53. The maximum Gasteiger partial charge on any atom is 0.202 e. The predicted molar refractivity (Wildman–Crippen MR) is 41.4 cm³/mol. The zero-order valence-corrected chi connectivity index (χ0v) is 6.76. The summed E-state index contributed by atoms with van der Waals surface area (Å²) < 4.78 is 0. The summed E-state index contributed by atoms with van der Waals surface area (Å²) in [5, 5.41) is 0. The Bertz CT molecular complexity index is 110. The minimum absolute atomic E-state index is 0.216. The van der Waals surface area contributed by atoms with Gasteiger partial charge in [0.1, 0.15) is 0 Å². The second-order valence-electron chi connectivity index (χ2n) is 3.53. The van der Waals surface area contributed by atoms with E-state index in [4.69, 9.17) is 0 Å². The first kappa shape index (κ1) is 7.77. The molecular formula is C9H15O. The van der Waals surface area contributed by atoms with Gasteiger partial charge in [-0.3, -0.25) is 4.79 Å². The zero-order valence-electron chi connectivity index (χ0n) is 6.76. The van der Waals surface area contributed by atoms with E-state index in [-0.39, 0.29) is 5.92 Å². The lowest BCUT2D eigenvalue weighted by Gasteiger charge is -2.29. The second-order valence-corrected chi connectivity index (χ2v) is 3.53. The molecule has 2 atom stereocenters. The molecule has 1 fully saturated rings. The van der Waals surface area contributed by atoms with Crippen LogP contribution < -0.4 is 0 Å². The van der Waals surface area contributed by atoms with Gasteiger partial charge in [-0.1, -0.05) is 20.3 Å². The van der Waals surface area contributed by atoms with Crippen molar-refractivity contribution in [3.05, 3.63) is 0 Å². The fraction of sp³-hybridized carbons (Fsp3) is 0.889. The minimum atomic E-state index is 0.216. The summed E-state index contributed by atoms with van der Waals surface area (Å²) in [4.78, 5) is 10.5. The van der Waals surface area contributed by atoms with E-state index in [1.807, 2.05) is 0 Å². The van der Waals surface area contributed by atoms with E-state index in [0.717, 1.165) is 0 Å². The highest BCUT2D eigenvalue weighted by atomic mass is 16.1. The fourth-order valence-corrected chi connectivity index (χ4v) is 1.91. The molecule has 0 saturated heterocycles. The summed E-state index contributed by atoms with van der Waals surface area (Å²) in [5.41, 5.74) is 0. The molecule has 0 aromatic carbocycles. The Hall–Kier alpha value is -0.330. The van der Waals surface area contributed by atoms with Crippen LogP contribution >= 0.6 is 0 Å². The van der Waals surface area contributed by atoms with Crippen LogP contribution in [0.15, 0.2) is 0 Å². The third-order valence-electron chi connectivity index (χ3n) is 2.68. The van der Waals surface area contributed by atoms with Crippen LogP contribution in [-0.2, 0) is 4.79 Å². The minimum Gasteiger partial charge on any atom is -0.291 e. The molecule has 1 aliphatic rings. The van der Waals surface area contributed by atoms with Crippen LogP contribution in [0, 0.1) is 17.8 Å². The van der Waals surface area contributed by atoms with Crippen molar-refractivity contribution in [2.75, 3.05) is 0 Å². The third kappa shape index (κ3) is 1.39. The van der Waals surface area contributed by atoms with E-state index < -0.39 is 0 Å². The molecule has 0 heterocycles. The first-order valence-corrected chi connectivity index (χ1v) is 4.13. The first-order chi connectivity index (χ1) is 4.75. The summed E-state index contributed by atoms with van der Waals surface area (Å²) in [5.74, 6) is 1.36. The van der Waals surface area contributed by atoms with Gasteiger partial charge in [0.25, 0.3) is 0 Å². The third-order valence-corrected chi connectivity index (χ3v) is 2.68. The molecule has 1 saturated carbocycles. The van der Waals surface area contributed by atoms with Gasteiger partial charge in [0.15, 0.2) is 0 Å². The molecule has 1 rings (SSSR count). The van der Waals surface area contributed by atoms with Gasteiger partial charge in [0, 0.05) is 5.92 Å². The summed E-state index contributed by atoms with van der Waals surface area (Å²) in [6, 6.07) is 0. The molecule has 0 bridgehead atoms. The Morgan fingerprint density at radius 1 is 1.20 bits per heavy atom. The maximum absolute atomic E-state index is 10.5. The van der Waals surface area contributed by atoms with Crippen molar-refractivity contribution in [1.29, 1.82) is 0 Å². The topological polar surface area (TPSA) is 17.1 Å². The molecular weight excluding hydrogens is 124 g/mol. The van der Waals surface area contributed by atoms with Crippen molar-refractivity contribution < 1.29 is 4.79 Å². The molecule has 2 unspecified atom stereocenters. The van der Waals surface area contributed by atoms with Crippen LogP contribution in [0.25, 0.3) is 0 Å². The molecule has 0 N–H and O–H groups in total. The van der Waals surface area contributed by atoms with Crippen molar-refractivity contribution in [1.82, 2.24) is 0 Å². The van der Waals surface area contributed by atoms with E-state index in [0.29, 0.717) is 11.8 Å². The van der Waals surface area contributed by atoms with Crippen LogP contribution in [0.5, 0.6) is 0 Å². The van der Waals surface area contributed by atoms with E-state index in [1.54, 1.807) is 0 Å². The first-order valence-electron chi connectivity index (χ1n) is 4.13. The van der Waals surface area contributed by atoms with Gasteiger partial charge in [-0.2, -0.15) is 0 Å². The van der Waals surface area contributed by atoms with Gasteiger partial charge in [-0.15, -0.1) is 0 Å². The molecule has 1 heteroatoms. The van der Waals surface area contributed by atoms with Crippen molar-refractivity contribution in [3.63, 3.8) is 0 Å². The van der Waals surface area contributed by atoms with Crippen LogP contribution in [0.3, 0.4) is 0 Å². The molecule has 0 aromatic rings. The van der Waals surface area contributed by atoms with E-state index in [9.17, 15) is 4.79 Å². The molecule has 0 aliphatic heterocycles. The molecule has 1 radical (unpaired) electrons. The van der Waals surface area contributed by atoms with Crippen molar-refractivity contribution in [3.8, 4) is 0 Å². The van der Waals surface area contributed by atoms with Crippen LogP contribution in [0.1, 0.15) is 33.1 Å². The Morgan fingerprint density at radius 2 is 1.70 bits per heavy atom. The summed E-state index contributed by atoms with van der Waals surface area (Å²) >= 11 is 0. The molecule has 10 heavy (non-hydrogen) atoms. The number of rotatable bonds is 1.